The standard InChI is InChI=1S/C22H25N3O3S/c1-25(2)18(15-8-6-5-7-9-15)13-23-21(26)17-14-29-22(24-17)16-10-11-19(27-3)20(12-16)28-4/h5-12,14,18H,13H2,1-4H3,(H,23,26)/t18-/m0/s1. The number of amides is 1. The Labute approximate surface area is 175 Å². The summed E-state index contributed by atoms with van der Waals surface area (Å²) in [5.74, 6) is 1.10. The lowest BCUT2D eigenvalue weighted by atomic mass is 10.1. The van der Waals surface area contributed by atoms with Gasteiger partial charge in [0.2, 0.25) is 0 Å². The molecule has 7 heteroatoms. The van der Waals surface area contributed by atoms with Crippen LogP contribution in [0.1, 0.15) is 22.1 Å². The zero-order valence-electron chi connectivity index (χ0n) is 17.0. The van der Waals surface area contributed by atoms with Crippen LogP contribution < -0.4 is 14.8 Å². The lowest BCUT2D eigenvalue weighted by molar-refractivity contribution is 0.0937. The van der Waals surface area contributed by atoms with Crippen molar-refractivity contribution in [3.05, 3.63) is 65.2 Å². The van der Waals surface area contributed by atoms with Crippen molar-refractivity contribution in [1.82, 2.24) is 15.2 Å². The first-order chi connectivity index (χ1) is 14.0. The van der Waals surface area contributed by atoms with Crippen LogP contribution in [0, 0.1) is 0 Å². The molecule has 3 rings (SSSR count). The van der Waals surface area contributed by atoms with Crippen molar-refractivity contribution in [2.24, 2.45) is 0 Å². The number of aromatic nitrogens is 1. The molecule has 0 unspecified atom stereocenters. The second kappa shape index (κ2) is 9.54. The molecule has 0 bridgehead atoms. The average Bonchev–Trinajstić information content (AvgIpc) is 3.24. The summed E-state index contributed by atoms with van der Waals surface area (Å²) in [6.45, 7) is 0.499. The minimum absolute atomic E-state index is 0.0871. The molecule has 152 valence electrons. The number of rotatable bonds is 8. The molecule has 29 heavy (non-hydrogen) atoms. The Hall–Kier alpha value is -2.90. The molecule has 0 saturated heterocycles. The molecule has 0 aliphatic carbocycles. The van der Waals surface area contributed by atoms with E-state index in [1.807, 2.05) is 50.5 Å². The van der Waals surface area contributed by atoms with Crippen molar-refractivity contribution in [2.45, 2.75) is 6.04 Å². The van der Waals surface area contributed by atoms with Crippen LogP contribution in [-0.2, 0) is 0 Å². The van der Waals surface area contributed by atoms with Gasteiger partial charge in [-0.3, -0.25) is 4.79 Å². The second-order valence-corrected chi connectivity index (χ2v) is 7.57. The van der Waals surface area contributed by atoms with Gasteiger partial charge in [-0.15, -0.1) is 11.3 Å². The van der Waals surface area contributed by atoms with E-state index in [1.54, 1.807) is 19.6 Å². The number of nitrogens with one attached hydrogen (secondary N) is 1. The first-order valence-electron chi connectivity index (χ1n) is 9.21. The Morgan fingerprint density at radius 1 is 1.10 bits per heavy atom. The van der Waals surface area contributed by atoms with E-state index in [-0.39, 0.29) is 11.9 Å². The molecule has 1 heterocycles. The smallest absolute Gasteiger partial charge is 0.270 e. The zero-order valence-corrected chi connectivity index (χ0v) is 17.8. The van der Waals surface area contributed by atoms with Gasteiger partial charge in [0, 0.05) is 17.5 Å². The molecule has 2 aromatic carbocycles. The van der Waals surface area contributed by atoms with Crippen LogP contribution in [0.25, 0.3) is 10.6 Å². The van der Waals surface area contributed by atoms with Crippen molar-refractivity contribution >= 4 is 17.2 Å². The quantitative estimate of drug-likeness (QED) is 0.610. The minimum atomic E-state index is -0.184. The number of benzene rings is 2. The topological polar surface area (TPSA) is 63.7 Å². The number of methoxy groups -OCH3 is 2. The Balaban J connectivity index is 1.71. The van der Waals surface area contributed by atoms with E-state index in [0.29, 0.717) is 23.7 Å². The number of hydrogen-bond acceptors (Lipinski definition) is 6. The summed E-state index contributed by atoms with van der Waals surface area (Å²) < 4.78 is 10.6. The fourth-order valence-electron chi connectivity index (χ4n) is 3.03. The Morgan fingerprint density at radius 2 is 1.83 bits per heavy atom. The van der Waals surface area contributed by atoms with Crippen molar-refractivity contribution < 1.29 is 14.3 Å². The van der Waals surface area contributed by atoms with Gasteiger partial charge in [0.05, 0.1) is 20.3 Å². The predicted octanol–water partition coefficient (Wildman–Crippen LogP) is 3.86. The molecule has 0 aliphatic rings. The molecular weight excluding hydrogens is 386 g/mol. The summed E-state index contributed by atoms with van der Waals surface area (Å²) in [7, 11) is 7.19. The summed E-state index contributed by atoms with van der Waals surface area (Å²) in [6, 6.07) is 15.8. The first-order valence-corrected chi connectivity index (χ1v) is 10.1. The third-order valence-electron chi connectivity index (χ3n) is 4.63. The summed E-state index contributed by atoms with van der Waals surface area (Å²) in [4.78, 5) is 19.2. The minimum Gasteiger partial charge on any atom is -0.493 e. The largest absolute Gasteiger partial charge is 0.493 e. The molecule has 1 N–H and O–H groups in total. The number of carbonyl (C=O) groups is 1. The fraction of sp³-hybridized carbons (Fsp3) is 0.273. The molecule has 0 spiro atoms. The summed E-state index contributed by atoms with van der Waals surface area (Å²) in [5.41, 5.74) is 2.44. The van der Waals surface area contributed by atoms with E-state index in [4.69, 9.17) is 9.47 Å². The molecule has 6 nitrogen and oxygen atoms in total. The third-order valence-corrected chi connectivity index (χ3v) is 5.52. The van der Waals surface area contributed by atoms with Gasteiger partial charge in [0.15, 0.2) is 11.5 Å². The van der Waals surface area contributed by atoms with Crippen LogP contribution in [0.4, 0.5) is 0 Å². The Morgan fingerprint density at radius 3 is 2.48 bits per heavy atom. The van der Waals surface area contributed by atoms with Crippen LogP contribution >= 0.6 is 11.3 Å². The van der Waals surface area contributed by atoms with Gasteiger partial charge in [-0.05, 0) is 37.9 Å². The van der Waals surface area contributed by atoms with Crippen LogP contribution in [0.5, 0.6) is 11.5 Å². The van der Waals surface area contributed by atoms with Crippen molar-refractivity contribution in [2.75, 3.05) is 34.9 Å². The highest BCUT2D eigenvalue weighted by molar-refractivity contribution is 7.13. The predicted molar refractivity (Wildman–Crippen MR) is 116 cm³/mol. The average molecular weight is 412 g/mol. The Bertz CT molecular complexity index is 957. The van der Waals surface area contributed by atoms with Crippen LogP contribution in [0.2, 0.25) is 0 Å². The van der Waals surface area contributed by atoms with Gasteiger partial charge in [0.25, 0.3) is 5.91 Å². The molecule has 0 fully saturated rings. The number of carbonyl (C=O) groups excluding carboxylic acids is 1. The van der Waals surface area contributed by atoms with Crippen molar-refractivity contribution in [3.8, 4) is 22.1 Å². The lowest BCUT2D eigenvalue weighted by Crippen LogP contribution is -2.34. The van der Waals surface area contributed by atoms with Crippen LogP contribution in [-0.4, -0.2) is 50.7 Å². The van der Waals surface area contributed by atoms with Gasteiger partial charge in [-0.25, -0.2) is 4.98 Å². The molecule has 3 aromatic rings. The summed E-state index contributed by atoms with van der Waals surface area (Å²) in [5, 5.41) is 5.53. The number of thiazole rings is 1. The first kappa shape index (κ1) is 20.8. The number of nitrogens with zero attached hydrogens (tertiary/aromatic N) is 2. The van der Waals surface area contributed by atoms with Crippen LogP contribution in [0.15, 0.2) is 53.9 Å². The van der Waals surface area contributed by atoms with Crippen LogP contribution in [0.3, 0.4) is 0 Å². The molecule has 1 atom stereocenters. The highest BCUT2D eigenvalue weighted by atomic mass is 32.1. The lowest BCUT2D eigenvalue weighted by Gasteiger charge is -2.24. The summed E-state index contributed by atoms with van der Waals surface area (Å²) in [6.07, 6.45) is 0. The SMILES string of the molecule is COc1ccc(-c2nc(C(=O)NC[C@@H](c3ccccc3)N(C)C)cs2)cc1OC. The van der Waals surface area contributed by atoms with E-state index in [0.717, 1.165) is 16.1 Å². The van der Waals surface area contributed by atoms with Gasteiger partial charge in [-0.2, -0.15) is 0 Å². The monoisotopic (exact) mass is 411 g/mol. The molecule has 0 saturated carbocycles. The molecule has 1 aromatic heterocycles. The maximum absolute atomic E-state index is 12.6. The molecule has 0 radical (unpaired) electrons. The number of hydrogen-bond donors (Lipinski definition) is 1. The highest BCUT2D eigenvalue weighted by Crippen LogP contribution is 2.33. The maximum Gasteiger partial charge on any atom is 0.270 e. The van der Waals surface area contributed by atoms with Gasteiger partial charge in [0.1, 0.15) is 10.7 Å². The molecular formula is C22H25N3O3S. The highest BCUT2D eigenvalue weighted by Gasteiger charge is 2.18. The third kappa shape index (κ3) is 4.93. The normalized spacial score (nSPS) is 11.9. The van der Waals surface area contributed by atoms with E-state index < -0.39 is 0 Å². The van der Waals surface area contributed by atoms with Crippen molar-refractivity contribution in [1.29, 1.82) is 0 Å². The van der Waals surface area contributed by atoms with E-state index in [2.05, 4.69) is 27.3 Å². The number of ether oxygens (including phenoxy) is 2. The zero-order chi connectivity index (χ0) is 20.8. The van der Waals surface area contributed by atoms with E-state index >= 15 is 0 Å². The Kier molecular flexibility index (Phi) is 6.85. The van der Waals surface area contributed by atoms with Gasteiger partial charge < -0.3 is 19.7 Å². The second-order valence-electron chi connectivity index (χ2n) is 6.71. The van der Waals surface area contributed by atoms with E-state index in [9.17, 15) is 4.79 Å². The molecule has 0 aliphatic heterocycles. The van der Waals surface area contributed by atoms with Gasteiger partial charge >= 0.3 is 0 Å². The number of likely N-dealkylation sites (N-methyl/N-ethyl adjacent to an activating group) is 1. The van der Waals surface area contributed by atoms with Crippen molar-refractivity contribution in [3.63, 3.8) is 0 Å². The van der Waals surface area contributed by atoms with E-state index in [1.165, 1.54) is 11.3 Å². The van der Waals surface area contributed by atoms with Gasteiger partial charge in [-0.1, -0.05) is 30.3 Å². The summed E-state index contributed by atoms with van der Waals surface area (Å²) >= 11 is 1.42. The fourth-order valence-corrected chi connectivity index (χ4v) is 3.83. The molecule has 1 amide bonds. The maximum atomic E-state index is 12.6.